The van der Waals surface area contributed by atoms with Gasteiger partial charge in [-0.1, -0.05) is 24.6 Å². The highest BCUT2D eigenvalue weighted by molar-refractivity contribution is 5.80. The zero-order chi connectivity index (χ0) is 16.4. The second-order valence-electron chi connectivity index (χ2n) is 7.05. The number of likely N-dealkylation sites (tertiary alicyclic amines) is 1. The molecule has 1 saturated heterocycles. The smallest absolute Gasteiger partial charge is 0.193 e. The number of guanidine groups is 1. The molecule has 0 radical (unpaired) electrons. The van der Waals surface area contributed by atoms with Crippen molar-refractivity contribution in [3.05, 3.63) is 48.3 Å². The molecule has 2 fully saturated rings. The zero-order valence-electron chi connectivity index (χ0n) is 14.3. The maximum atomic E-state index is 4.48. The van der Waals surface area contributed by atoms with Crippen molar-refractivity contribution in [3.8, 4) is 5.69 Å². The fourth-order valence-electron chi connectivity index (χ4n) is 3.89. The normalized spacial score (nSPS) is 19.5. The summed E-state index contributed by atoms with van der Waals surface area (Å²) in [6.45, 7) is 3.04. The molecule has 0 atom stereocenters. The van der Waals surface area contributed by atoms with Gasteiger partial charge in [-0.15, -0.1) is 0 Å². The number of benzene rings is 1. The van der Waals surface area contributed by atoms with Crippen molar-refractivity contribution in [2.24, 2.45) is 10.4 Å². The van der Waals surface area contributed by atoms with Gasteiger partial charge in [-0.25, -0.2) is 4.68 Å². The lowest BCUT2D eigenvalue weighted by Gasteiger charge is -2.38. The molecule has 2 aromatic rings. The van der Waals surface area contributed by atoms with E-state index in [-0.39, 0.29) is 0 Å². The zero-order valence-corrected chi connectivity index (χ0v) is 14.3. The Kier molecular flexibility index (Phi) is 4.00. The van der Waals surface area contributed by atoms with Crippen LogP contribution in [-0.4, -0.2) is 40.8 Å². The summed E-state index contributed by atoms with van der Waals surface area (Å²) in [5, 5.41) is 7.96. The molecular formula is C19H25N5. The van der Waals surface area contributed by atoms with E-state index < -0.39 is 0 Å². The Hall–Kier alpha value is -2.30. The Balaban J connectivity index is 1.37. The van der Waals surface area contributed by atoms with Gasteiger partial charge in [0.25, 0.3) is 0 Å². The molecule has 0 amide bonds. The van der Waals surface area contributed by atoms with E-state index in [2.05, 4.69) is 38.6 Å². The van der Waals surface area contributed by atoms with Gasteiger partial charge in [-0.2, -0.15) is 5.10 Å². The van der Waals surface area contributed by atoms with Crippen molar-refractivity contribution in [2.75, 3.05) is 20.1 Å². The van der Waals surface area contributed by atoms with Crippen LogP contribution in [0, 0.1) is 5.41 Å². The number of para-hydroxylation sites is 1. The second-order valence-corrected chi connectivity index (χ2v) is 7.05. The largest absolute Gasteiger partial charge is 0.352 e. The Morgan fingerprint density at radius 1 is 1.25 bits per heavy atom. The fourth-order valence-corrected chi connectivity index (χ4v) is 3.89. The molecule has 126 valence electrons. The first-order valence-electron chi connectivity index (χ1n) is 8.83. The van der Waals surface area contributed by atoms with Gasteiger partial charge in [0.1, 0.15) is 0 Å². The minimum Gasteiger partial charge on any atom is -0.352 e. The van der Waals surface area contributed by atoms with Gasteiger partial charge in [-0.05, 0) is 36.8 Å². The van der Waals surface area contributed by atoms with Crippen molar-refractivity contribution in [1.82, 2.24) is 20.0 Å². The third kappa shape index (κ3) is 2.90. The molecular weight excluding hydrogens is 298 g/mol. The van der Waals surface area contributed by atoms with E-state index >= 15 is 0 Å². The predicted molar refractivity (Wildman–Crippen MR) is 96.2 cm³/mol. The Morgan fingerprint density at radius 2 is 2.08 bits per heavy atom. The number of nitrogens with one attached hydrogen (secondary N) is 1. The SMILES string of the molecule is CN=C(NCc1cnn(-c2ccccc2)c1)N1CCC2(CCC2)C1. The monoisotopic (exact) mass is 323 g/mol. The Bertz CT molecular complexity index is 714. The van der Waals surface area contributed by atoms with Gasteiger partial charge in [0.2, 0.25) is 0 Å². The Labute approximate surface area is 143 Å². The molecule has 1 aromatic heterocycles. The summed E-state index contributed by atoms with van der Waals surface area (Å²) >= 11 is 0. The van der Waals surface area contributed by atoms with Crippen LogP contribution in [0.3, 0.4) is 0 Å². The number of hydrogen-bond acceptors (Lipinski definition) is 2. The third-order valence-electron chi connectivity index (χ3n) is 5.47. The van der Waals surface area contributed by atoms with E-state index in [0.29, 0.717) is 5.41 Å². The summed E-state index contributed by atoms with van der Waals surface area (Å²) in [6.07, 6.45) is 9.50. The molecule has 1 aromatic carbocycles. The first-order valence-corrected chi connectivity index (χ1v) is 8.83. The lowest BCUT2D eigenvalue weighted by atomic mass is 9.68. The highest BCUT2D eigenvalue weighted by Gasteiger charge is 2.43. The van der Waals surface area contributed by atoms with Gasteiger partial charge in [0.15, 0.2) is 5.96 Å². The molecule has 1 N–H and O–H groups in total. The van der Waals surface area contributed by atoms with Gasteiger partial charge in [0, 0.05) is 38.4 Å². The summed E-state index contributed by atoms with van der Waals surface area (Å²) in [5.41, 5.74) is 2.84. The van der Waals surface area contributed by atoms with E-state index in [1.165, 1.54) is 25.7 Å². The molecule has 5 heteroatoms. The maximum absolute atomic E-state index is 4.48. The van der Waals surface area contributed by atoms with E-state index in [9.17, 15) is 0 Å². The van der Waals surface area contributed by atoms with Crippen LogP contribution in [-0.2, 0) is 6.54 Å². The number of rotatable bonds is 3. The quantitative estimate of drug-likeness (QED) is 0.698. The summed E-state index contributed by atoms with van der Waals surface area (Å²) in [7, 11) is 1.88. The Morgan fingerprint density at radius 3 is 2.75 bits per heavy atom. The summed E-state index contributed by atoms with van der Waals surface area (Å²) in [5.74, 6) is 1.02. The van der Waals surface area contributed by atoms with Gasteiger partial charge in [0.05, 0.1) is 11.9 Å². The van der Waals surface area contributed by atoms with E-state index in [0.717, 1.165) is 36.8 Å². The lowest BCUT2D eigenvalue weighted by Crippen LogP contribution is -2.42. The number of nitrogens with zero attached hydrogens (tertiary/aromatic N) is 4. The predicted octanol–water partition coefficient (Wildman–Crippen LogP) is 2.82. The third-order valence-corrected chi connectivity index (χ3v) is 5.47. The topological polar surface area (TPSA) is 45.5 Å². The summed E-state index contributed by atoms with van der Waals surface area (Å²) < 4.78 is 1.92. The van der Waals surface area contributed by atoms with Crippen LogP contribution in [0.25, 0.3) is 5.69 Å². The van der Waals surface area contributed by atoms with Crippen molar-refractivity contribution in [2.45, 2.75) is 32.2 Å². The average Bonchev–Trinajstić information content (AvgIpc) is 3.23. The van der Waals surface area contributed by atoms with Crippen LogP contribution in [0.1, 0.15) is 31.2 Å². The molecule has 2 aliphatic rings. The average molecular weight is 323 g/mol. The van der Waals surface area contributed by atoms with Crippen LogP contribution in [0.4, 0.5) is 0 Å². The van der Waals surface area contributed by atoms with Crippen molar-refractivity contribution < 1.29 is 0 Å². The minimum atomic E-state index is 0.593. The van der Waals surface area contributed by atoms with Crippen LogP contribution < -0.4 is 5.32 Å². The summed E-state index contributed by atoms with van der Waals surface area (Å²) in [6, 6.07) is 10.2. The lowest BCUT2D eigenvalue weighted by molar-refractivity contribution is 0.151. The molecule has 2 heterocycles. The highest BCUT2D eigenvalue weighted by atomic mass is 15.3. The van der Waals surface area contributed by atoms with Crippen LogP contribution in [0.15, 0.2) is 47.7 Å². The second kappa shape index (κ2) is 6.30. The fraction of sp³-hybridized carbons (Fsp3) is 0.474. The van der Waals surface area contributed by atoms with Crippen molar-refractivity contribution >= 4 is 5.96 Å². The van der Waals surface area contributed by atoms with E-state index in [1.807, 2.05) is 36.1 Å². The molecule has 0 bridgehead atoms. The minimum absolute atomic E-state index is 0.593. The molecule has 4 rings (SSSR count). The standard InChI is InChI=1S/C19H25N5/c1-20-18(23-11-10-19(15-23)8-5-9-19)21-12-16-13-22-24(14-16)17-6-3-2-4-7-17/h2-4,6-7,13-14H,5,8-12,15H2,1H3,(H,20,21). The highest BCUT2D eigenvalue weighted by Crippen LogP contribution is 2.47. The number of hydrogen-bond donors (Lipinski definition) is 1. The molecule has 1 spiro atoms. The van der Waals surface area contributed by atoms with Gasteiger partial charge in [-0.3, -0.25) is 4.99 Å². The maximum Gasteiger partial charge on any atom is 0.193 e. The first kappa shape index (κ1) is 15.2. The van der Waals surface area contributed by atoms with Gasteiger partial charge < -0.3 is 10.2 Å². The van der Waals surface area contributed by atoms with Crippen LogP contribution >= 0.6 is 0 Å². The summed E-state index contributed by atoms with van der Waals surface area (Å²) in [4.78, 5) is 6.90. The molecule has 0 unspecified atom stereocenters. The number of aromatic nitrogens is 2. The first-order chi connectivity index (χ1) is 11.8. The molecule has 1 aliphatic carbocycles. The van der Waals surface area contributed by atoms with Crippen LogP contribution in [0.2, 0.25) is 0 Å². The molecule has 24 heavy (non-hydrogen) atoms. The number of aliphatic imine (C=N–C) groups is 1. The van der Waals surface area contributed by atoms with Crippen molar-refractivity contribution in [3.63, 3.8) is 0 Å². The molecule has 5 nitrogen and oxygen atoms in total. The molecule has 1 saturated carbocycles. The van der Waals surface area contributed by atoms with Crippen LogP contribution in [0.5, 0.6) is 0 Å². The molecule has 1 aliphatic heterocycles. The van der Waals surface area contributed by atoms with Gasteiger partial charge >= 0.3 is 0 Å². The van der Waals surface area contributed by atoms with E-state index in [1.54, 1.807) is 0 Å². The van der Waals surface area contributed by atoms with Crippen molar-refractivity contribution in [1.29, 1.82) is 0 Å². The van der Waals surface area contributed by atoms with E-state index in [4.69, 9.17) is 0 Å².